The van der Waals surface area contributed by atoms with Crippen LogP contribution in [0, 0.1) is 0 Å². The van der Waals surface area contributed by atoms with Crippen molar-refractivity contribution in [1.29, 1.82) is 0 Å². The molecule has 0 aliphatic heterocycles. The zero-order valence-corrected chi connectivity index (χ0v) is 13.5. The number of aliphatic hydroxyl groups is 2. The van der Waals surface area contributed by atoms with E-state index >= 15 is 0 Å². The van der Waals surface area contributed by atoms with E-state index in [1.165, 1.54) is 0 Å². The van der Waals surface area contributed by atoms with Gasteiger partial charge in [0.05, 0.1) is 6.61 Å². The molecule has 3 N–H and O–H groups in total. The molecule has 0 amide bonds. The standard InChI is InChI=1S/C19H25NO3/c1-2-17(13-21)20-12-18(22)14-23-19-10-8-16(9-11-19)15-6-4-3-5-7-15/h3-11,17-18,20-22H,2,12-14H2,1H3. The van der Waals surface area contributed by atoms with Crippen LogP contribution < -0.4 is 10.1 Å². The molecule has 4 nitrogen and oxygen atoms in total. The molecule has 0 saturated heterocycles. The van der Waals surface area contributed by atoms with Crippen LogP contribution >= 0.6 is 0 Å². The van der Waals surface area contributed by atoms with E-state index in [2.05, 4.69) is 17.4 Å². The van der Waals surface area contributed by atoms with Crippen LogP contribution in [-0.2, 0) is 0 Å². The summed E-state index contributed by atoms with van der Waals surface area (Å²) in [6.45, 7) is 2.69. The van der Waals surface area contributed by atoms with Gasteiger partial charge in [0, 0.05) is 12.6 Å². The van der Waals surface area contributed by atoms with Gasteiger partial charge in [0.15, 0.2) is 0 Å². The maximum atomic E-state index is 9.91. The quantitative estimate of drug-likeness (QED) is 0.665. The maximum Gasteiger partial charge on any atom is 0.119 e. The van der Waals surface area contributed by atoms with Gasteiger partial charge >= 0.3 is 0 Å². The van der Waals surface area contributed by atoms with Gasteiger partial charge in [-0.25, -0.2) is 0 Å². The molecule has 2 atom stereocenters. The predicted molar refractivity (Wildman–Crippen MR) is 92.5 cm³/mol. The molecule has 0 bridgehead atoms. The largest absolute Gasteiger partial charge is 0.491 e. The number of hydrogen-bond acceptors (Lipinski definition) is 4. The molecule has 2 unspecified atom stereocenters. The molecule has 0 radical (unpaired) electrons. The zero-order chi connectivity index (χ0) is 16.5. The van der Waals surface area contributed by atoms with E-state index in [-0.39, 0.29) is 19.3 Å². The molecular formula is C19H25NO3. The number of rotatable bonds is 9. The van der Waals surface area contributed by atoms with Crippen molar-refractivity contribution in [2.75, 3.05) is 19.8 Å². The monoisotopic (exact) mass is 315 g/mol. The molecular weight excluding hydrogens is 290 g/mol. The summed E-state index contributed by atoms with van der Waals surface area (Å²) in [4.78, 5) is 0. The summed E-state index contributed by atoms with van der Waals surface area (Å²) in [6.07, 6.45) is 0.217. The topological polar surface area (TPSA) is 61.7 Å². The summed E-state index contributed by atoms with van der Waals surface area (Å²) in [5.74, 6) is 0.734. The molecule has 0 aromatic heterocycles. The fraction of sp³-hybridized carbons (Fsp3) is 0.368. The van der Waals surface area contributed by atoms with Crippen LogP contribution in [-0.4, -0.2) is 42.1 Å². The lowest BCUT2D eigenvalue weighted by atomic mass is 10.1. The number of benzene rings is 2. The molecule has 2 rings (SSSR count). The Morgan fingerprint density at radius 2 is 1.65 bits per heavy atom. The van der Waals surface area contributed by atoms with Crippen molar-refractivity contribution < 1.29 is 14.9 Å². The van der Waals surface area contributed by atoms with Crippen LogP contribution in [0.15, 0.2) is 54.6 Å². The van der Waals surface area contributed by atoms with E-state index in [4.69, 9.17) is 9.84 Å². The van der Waals surface area contributed by atoms with Gasteiger partial charge in [-0.05, 0) is 29.7 Å². The molecule has 0 heterocycles. The Kier molecular flexibility index (Phi) is 7.07. The fourth-order valence-electron chi connectivity index (χ4n) is 2.27. The Morgan fingerprint density at radius 3 is 2.26 bits per heavy atom. The second-order valence-electron chi connectivity index (χ2n) is 5.55. The first-order valence-electron chi connectivity index (χ1n) is 8.03. The van der Waals surface area contributed by atoms with Gasteiger partial charge in [0.2, 0.25) is 0 Å². The van der Waals surface area contributed by atoms with Crippen LogP contribution in [0.5, 0.6) is 5.75 Å². The van der Waals surface area contributed by atoms with Crippen LogP contribution in [0.25, 0.3) is 11.1 Å². The van der Waals surface area contributed by atoms with Crippen molar-refractivity contribution in [2.45, 2.75) is 25.5 Å². The third-order valence-corrected chi connectivity index (χ3v) is 3.76. The SMILES string of the molecule is CCC(CO)NCC(O)COc1ccc(-c2ccccc2)cc1. The lowest BCUT2D eigenvalue weighted by Gasteiger charge is -2.18. The van der Waals surface area contributed by atoms with Gasteiger partial charge in [-0.1, -0.05) is 49.4 Å². The molecule has 0 aliphatic rings. The molecule has 4 heteroatoms. The summed E-state index contributed by atoms with van der Waals surface area (Å²) in [5.41, 5.74) is 2.30. The van der Waals surface area contributed by atoms with E-state index in [1.807, 2.05) is 49.4 Å². The second kappa shape index (κ2) is 9.30. The maximum absolute atomic E-state index is 9.91. The van der Waals surface area contributed by atoms with Crippen molar-refractivity contribution in [3.8, 4) is 16.9 Å². The average molecular weight is 315 g/mol. The molecule has 0 spiro atoms. The lowest BCUT2D eigenvalue weighted by Crippen LogP contribution is -2.39. The summed E-state index contributed by atoms with van der Waals surface area (Å²) in [6, 6.07) is 18.0. The summed E-state index contributed by atoms with van der Waals surface area (Å²) < 4.78 is 5.61. The van der Waals surface area contributed by atoms with Crippen molar-refractivity contribution in [1.82, 2.24) is 5.32 Å². The molecule has 0 saturated carbocycles. The molecule has 23 heavy (non-hydrogen) atoms. The number of hydrogen-bond donors (Lipinski definition) is 3. The Morgan fingerprint density at radius 1 is 1.00 bits per heavy atom. The van der Waals surface area contributed by atoms with Crippen molar-refractivity contribution in [3.05, 3.63) is 54.6 Å². The van der Waals surface area contributed by atoms with Gasteiger partial charge in [0.25, 0.3) is 0 Å². The van der Waals surface area contributed by atoms with Crippen LogP contribution in [0.4, 0.5) is 0 Å². The average Bonchev–Trinajstić information content (AvgIpc) is 2.62. The van der Waals surface area contributed by atoms with Gasteiger partial charge < -0.3 is 20.3 Å². The van der Waals surface area contributed by atoms with E-state index in [9.17, 15) is 5.11 Å². The normalized spacial score (nSPS) is 13.5. The Hall–Kier alpha value is -1.88. The van der Waals surface area contributed by atoms with Crippen molar-refractivity contribution in [3.63, 3.8) is 0 Å². The second-order valence-corrected chi connectivity index (χ2v) is 5.55. The van der Waals surface area contributed by atoms with E-state index < -0.39 is 6.10 Å². The van der Waals surface area contributed by atoms with Gasteiger partial charge in [-0.15, -0.1) is 0 Å². The highest BCUT2D eigenvalue weighted by atomic mass is 16.5. The highest BCUT2D eigenvalue weighted by Crippen LogP contribution is 2.22. The molecule has 0 aliphatic carbocycles. The van der Waals surface area contributed by atoms with Crippen molar-refractivity contribution >= 4 is 0 Å². The number of nitrogens with one attached hydrogen (secondary N) is 1. The zero-order valence-electron chi connectivity index (χ0n) is 13.5. The number of aliphatic hydroxyl groups excluding tert-OH is 2. The fourth-order valence-corrected chi connectivity index (χ4v) is 2.27. The third kappa shape index (κ3) is 5.67. The van der Waals surface area contributed by atoms with Crippen LogP contribution in [0.3, 0.4) is 0 Å². The third-order valence-electron chi connectivity index (χ3n) is 3.76. The highest BCUT2D eigenvalue weighted by Gasteiger charge is 2.09. The molecule has 2 aromatic carbocycles. The molecule has 0 fully saturated rings. The first-order valence-corrected chi connectivity index (χ1v) is 8.03. The van der Waals surface area contributed by atoms with Crippen LogP contribution in [0.1, 0.15) is 13.3 Å². The smallest absolute Gasteiger partial charge is 0.119 e. The Labute approximate surface area is 137 Å². The van der Waals surface area contributed by atoms with E-state index in [1.54, 1.807) is 0 Å². The molecule has 124 valence electrons. The van der Waals surface area contributed by atoms with Crippen molar-refractivity contribution in [2.24, 2.45) is 0 Å². The minimum Gasteiger partial charge on any atom is -0.491 e. The van der Waals surface area contributed by atoms with Gasteiger partial charge in [0.1, 0.15) is 18.5 Å². The van der Waals surface area contributed by atoms with E-state index in [0.29, 0.717) is 6.54 Å². The minimum atomic E-state index is -0.607. The minimum absolute atomic E-state index is 0.0230. The van der Waals surface area contributed by atoms with Crippen LogP contribution in [0.2, 0.25) is 0 Å². The highest BCUT2D eigenvalue weighted by molar-refractivity contribution is 5.63. The lowest BCUT2D eigenvalue weighted by molar-refractivity contribution is 0.0995. The first-order chi connectivity index (χ1) is 11.2. The van der Waals surface area contributed by atoms with Gasteiger partial charge in [-0.3, -0.25) is 0 Å². The van der Waals surface area contributed by atoms with E-state index in [0.717, 1.165) is 23.3 Å². The predicted octanol–water partition coefficient (Wildman–Crippen LogP) is 2.45. The van der Waals surface area contributed by atoms with Gasteiger partial charge in [-0.2, -0.15) is 0 Å². The summed E-state index contributed by atoms with van der Waals surface area (Å²) in [7, 11) is 0. The Balaban J connectivity index is 1.80. The number of ether oxygens (including phenoxy) is 1. The summed E-state index contributed by atoms with van der Waals surface area (Å²) >= 11 is 0. The molecule has 2 aromatic rings. The Bertz CT molecular complexity index is 553. The summed E-state index contributed by atoms with van der Waals surface area (Å²) in [5, 5.41) is 22.1. The first kappa shape index (κ1) is 17.5.